The summed E-state index contributed by atoms with van der Waals surface area (Å²) in [5.74, 6) is -0.135. The normalized spacial score (nSPS) is 13.3. The molecule has 0 aliphatic heterocycles. The molecule has 0 fully saturated rings. The summed E-state index contributed by atoms with van der Waals surface area (Å²) < 4.78 is 6.00. The summed E-state index contributed by atoms with van der Waals surface area (Å²) in [4.78, 5) is 40.3. The number of hydrogen-bond donors (Lipinski definition) is 5. The maximum absolute atomic E-state index is 13.0. The number of aromatic hydroxyl groups is 1. The van der Waals surface area contributed by atoms with Gasteiger partial charge in [-0.15, -0.1) is 0 Å². The van der Waals surface area contributed by atoms with Crippen LogP contribution in [0, 0.1) is 5.92 Å². The number of nitrogens with zero attached hydrogens (tertiary/aromatic N) is 1. The molecule has 0 aromatic heterocycles. The molecule has 0 radical (unpaired) electrons. The molecule has 4 aromatic rings. The highest BCUT2D eigenvalue weighted by Crippen LogP contribution is 2.35. The summed E-state index contributed by atoms with van der Waals surface area (Å²) in [5.41, 5.74) is 12.5. The van der Waals surface area contributed by atoms with Crippen molar-refractivity contribution in [3.05, 3.63) is 131 Å². The number of benzene rings is 4. The molecule has 10 heteroatoms. The number of nitrogens with two attached hydrogens (primary N) is 1. The topological polar surface area (TPSA) is 154 Å². The zero-order chi connectivity index (χ0) is 39.7. The Balaban J connectivity index is 1.24. The van der Waals surface area contributed by atoms with Crippen molar-refractivity contribution in [2.75, 3.05) is 26.7 Å². The van der Waals surface area contributed by atoms with Gasteiger partial charge >= 0.3 is 0 Å². The van der Waals surface area contributed by atoms with Crippen LogP contribution < -0.4 is 21.1 Å². The van der Waals surface area contributed by atoms with Gasteiger partial charge in [-0.25, -0.2) is 0 Å². The molecule has 0 saturated carbocycles. The standard InChI is InChI=1S/C45H56N4O6/c1-5-38(33-15-10-7-11-16-33)42(34-18-22-36(50)23-19-34)35-20-24-37(25-21-35)55-28-27-49(4)41(51)17-12-26-47-44(53)40(29-31(2)3)48-45(54)43(52)39(46)30-32-13-8-6-9-14-32/h6-11,13-16,18-25,31,39-40,43,50,52H,5,12,17,26-30,46H2,1-4H3,(H,47,53)(H,48,54)/b42-38-/t39-,40+,43+/m1/s1. The fourth-order valence-corrected chi connectivity index (χ4v) is 6.37. The fourth-order valence-electron chi connectivity index (χ4n) is 6.37. The summed E-state index contributed by atoms with van der Waals surface area (Å²) in [6, 6.07) is 33.1. The third kappa shape index (κ3) is 13.1. The molecule has 3 amide bonds. The largest absolute Gasteiger partial charge is 0.508 e. The molecule has 0 aliphatic rings. The first-order valence-corrected chi connectivity index (χ1v) is 19.1. The third-order valence-electron chi connectivity index (χ3n) is 9.39. The van der Waals surface area contributed by atoms with Gasteiger partial charge in [-0.1, -0.05) is 106 Å². The Hall–Kier alpha value is -5.45. The summed E-state index contributed by atoms with van der Waals surface area (Å²) in [7, 11) is 1.72. The number of carbonyl (C=O) groups excluding carboxylic acids is 3. The van der Waals surface area contributed by atoms with Crippen molar-refractivity contribution in [3.8, 4) is 11.5 Å². The SMILES string of the molecule is CC/C(=C(\c1ccc(O)cc1)c1ccc(OCCN(C)C(=O)CCCNC(=O)[C@H](CC(C)C)NC(=O)[C@@H](O)[C@H](N)Cc2ccccc2)cc1)c1ccccc1. The Morgan fingerprint density at radius 2 is 1.42 bits per heavy atom. The van der Waals surface area contributed by atoms with Crippen LogP contribution in [0.4, 0.5) is 0 Å². The van der Waals surface area contributed by atoms with E-state index in [0.29, 0.717) is 38.2 Å². The van der Waals surface area contributed by atoms with Gasteiger partial charge in [-0.05, 0) is 89.3 Å². The van der Waals surface area contributed by atoms with Crippen LogP contribution in [0.25, 0.3) is 11.1 Å². The number of ether oxygens (including phenoxy) is 1. The van der Waals surface area contributed by atoms with E-state index < -0.39 is 24.1 Å². The number of amides is 3. The molecular weight excluding hydrogens is 693 g/mol. The van der Waals surface area contributed by atoms with Gasteiger partial charge in [0, 0.05) is 26.1 Å². The molecule has 0 saturated heterocycles. The second-order valence-corrected chi connectivity index (χ2v) is 14.2. The van der Waals surface area contributed by atoms with Crippen molar-refractivity contribution in [1.29, 1.82) is 0 Å². The first-order chi connectivity index (χ1) is 26.5. The lowest BCUT2D eigenvalue weighted by Gasteiger charge is -2.24. The minimum absolute atomic E-state index is 0.0764. The maximum atomic E-state index is 13.0. The molecule has 0 unspecified atom stereocenters. The average Bonchev–Trinajstić information content (AvgIpc) is 3.19. The van der Waals surface area contributed by atoms with Crippen molar-refractivity contribution in [2.45, 2.75) is 71.1 Å². The van der Waals surface area contributed by atoms with E-state index in [0.717, 1.165) is 34.2 Å². The van der Waals surface area contributed by atoms with Gasteiger partial charge in [0.2, 0.25) is 11.8 Å². The van der Waals surface area contributed by atoms with Crippen molar-refractivity contribution in [3.63, 3.8) is 0 Å². The molecule has 292 valence electrons. The molecule has 3 atom stereocenters. The van der Waals surface area contributed by atoms with E-state index in [9.17, 15) is 24.6 Å². The molecule has 0 heterocycles. The number of hydrogen-bond acceptors (Lipinski definition) is 7. The Bertz CT molecular complexity index is 1830. The molecule has 0 spiro atoms. The maximum Gasteiger partial charge on any atom is 0.251 e. The Kier molecular flexibility index (Phi) is 16.5. The van der Waals surface area contributed by atoms with E-state index in [1.165, 1.54) is 5.57 Å². The molecule has 4 aromatic carbocycles. The number of aliphatic hydroxyl groups is 1. The lowest BCUT2D eigenvalue weighted by atomic mass is 9.88. The van der Waals surface area contributed by atoms with Crippen molar-refractivity contribution < 1.29 is 29.3 Å². The molecule has 10 nitrogen and oxygen atoms in total. The monoisotopic (exact) mass is 748 g/mol. The van der Waals surface area contributed by atoms with Gasteiger partial charge in [0.15, 0.2) is 0 Å². The van der Waals surface area contributed by atoms with Crippen LogP contribution in [0.15, 0.2) is 109 Å². The highest BCUT2D eigenvalue weighted by atomic mass is 16.5. The lowest BCUT2D eigenvalue weighted by molar-refractivity contribution is -0.135. The van der Waals surface area contributed by atoms with Crippen LogP contribution in [0.2, 0.25) is 0 Å². The van der Waals surface area contributed by atoms with Gasteiger partial charge in [0.05, 0.1) is 6.54 Å². The van der Waals surface area contributed by atoms with Crippen LogP contribution in [-0.2, 0) is 20.8 Å². The predicted octanol–water partition coefficient (Wildman–Crippen LogP) is 5.96. The Labute approximate surface area is 325 Å². The predicted molar refractivity (Wildman–Crippen MR) is 218 cm³/mol. The average molecular weight is 749 g/mol. The summed E-state index contributed by atoms with van der Waals surface area (Å²) in [5, 5.41) is 26.0. The second kappa shape index (κ2) is 21.4. The summed E-state index contributed by atoms with van der Waals surface area (Å²) in [6.07, 6.45) is 0.691. The van der Waals surface area contributed by atoms with Crippen molar-refractivity contribution in [2.24, 2.45) is 11.7 Å². The van der Waals surface area contributed by atoms with E-state index in [1.807, 2.05) is 98.8 Å². The number of likely N-dealkylation sites (N-methyl/N-ethyl adjacent to an activating group) is 1. The van der Waals surface area contributed by atoms with Gasteiger partial charge in [0.1, 0.15) is 30.3 Å². The minimum atomic E-state index is -1.47. The first kappa shape index (κ1) is 42.3. The Morgan fingerprint density at radius 1 is 0.818 bits per heavy atom. The van der Waals surface area contributed by atoms with Crippen LogP contribution in [-0.4, -0.2) is 77.8 Å². The molecule has 0 bridgehead atoms. The van der Waals surface area contributed by atoms with Crippen molar-refractivity contribution >= 4 is 28.9 Å². The van der Waals surface area contributed by atoms with Gasteiger partial charge in [0.25, 0.3) is 5.91 Å². The summed E-state index contributed by atoms with van der Waals surface area (Å²) in [6.45, 7) is 6.97. The number of aliphatic hydroxyl groups excluding tert-OH is 1. The highest BCUT2D eigenvalue weighted by molar-refractivity contribution is 5.98. The van der Waals surface area contributed by atoms with Crippen LogP contribution in [0.5, 0.6) is 11.5 Å². The third-order valence-corrected chi connectivity index (χ3v) is 9.39. The molecule has 0 aliphatic carbocycles. The minimum Gasteiger partial charge on any atom is -0.508 e. The number of carbonyl (C=O) groups is 3. The molecule has 55 heavy (non-hydrogen) atoms. The fraction of sp³-hybridized carbons (Fsp3) is 0.356. The van der Waals surface area contributed by atoms with E-state index in [2.05, 4.69) is 29.7 Å². The quantitative estimate of drug-likeness (QED) is 0.0553. The summed E-state index contributed by atoms with van der Waals surface area (Å²) >= 11 is 0. The zero-order valence-corrected chi connectivity index (χ0v) is 32.4. The van der Waals surface area contributed by atoms with Gasteiger partial charge < -0.3 is 36.2 Å². The van der Waals surface area contributed by atoms with E-state index >= 15 is 0 Å². The highest BCUT2D eigenvalue weighted by Gasteiger charge is 2.28. The number of phenols is 1. The molecule has 6 N–H and O–H groups in total. The smallest absolute Gasteiger partial charge is 0.251 e. The first-order valence-electron chi connectivity index (χ1n) is 19.1. The number of rotatable bonds is 20. The van der Waals surface area contributed by atoms with E-state index in [-0.39, 0.29) is 36.4 Å². The van der Waals surface area contributed by atoms with Crippen LogP contribution in [0.3, 0.4) is 0 Å². The lowest BCUT2D eigenvalue weighted by Crippen LogP contribution is -2.54. The van der Waals surface area contributed by atoms with Crippen molar-refractivity contribution in [1.82, 2.24) is 15.5 Å². The van der Waals surface area contributed by atoms with Crippen LogP contribution in [0.1, 0.15) is 68.7 Å². The zero-order valence-electron chi connectivity index (χ0n) is 32.4. The van der Waals surface area contributed by atoms with E-state index in [4.69, 9.17) is 10.5 Å². The Morgan fingerprint density at radius 3 is 2.02 bits per heavy atom. The van der Waals surface area contributed by atoms with Gasteiger partial charge in [-0.2, -0.15) is 0 Å². The van der Waals surface area contributed by atoms with E-state index in [1.54, 1.807) is 24.1 Å². The molecule has 4 rings (SSSR count). The van der Waals surface area contributed by atoms with Crippen LogP contribution >= 0.6 is 0 Å². The second-order valence-electron chi connectivity index (χ2n) is 14.2. The number of nitrogens with one attached hydrogen (secondary N) is 2. The van der Waals surface area contributed by atoms with Gasteiger partial charge in [-0.3, -0.25) is 14.4 Å². The molecular formula is C45H56N4O6. The number of phenolic OH excluding ortho intramolecular Hbond substituents is 1. The number of allylic oxidation sites excluding steroid dienone is 1.